The van der Waals surface area contributed by atoms with Crippen molar-refractivity contribution >= 4 is 21.4 Å². The summed E-state index contributed by atoms with van der Waals surface area (Å²) in [4.78, 5) is 10.6. The number of rotatable bonds is 5. The fourth-order valence-corrected chi connectivity index (χ4v) is 5.36. The summed E-state index contributed by atoms with van der Waals surface area (Å²) in [5.41, 5.74) is 0.300. The second kappa shape index (κ2) is 7.70. The van der Waals surface area contributed by atoms with Crippen LogP contribution in [0.1, 0.15) is 51.4 Å². The molecular weight excluding hydrogens is 342 g/mol. The smallest absolute Gasteiger partial charge is 0.270 e. The van der Waals surface area contributed by atoms with Gasteiger partial charge in [0.25, 0.3) is 5.69 Å². The van der Waals surface area contributed by atoms with Crippen molar-refractivity contribution < 1.29 is 13.3 Å². The van der Waals surface area contributed by atoms with Gasteiger partial charge in [0.05, 0.1) is 10.6 Å². The van der Waals surface area contributed by atoms with Crippen LogP contribution in [0.3, 0.4) is 0 Å². The molecule has 1 aromatic carbocycles. The van der Waals surface area contributed by atoms with Crippen LogP contribution in [-0.2, 0) is 10.0 Å². The van der Waals surface area contributed by atoms with Gasteiger partial charge in [0, 0.05) is 31.3 Å². The van der Waals surface area contributed by atoms with E-state index in [4.69, 9.17) is 0 Å². The van der Waals surface area contributed by atoms with Gasteiger partial charge in [0.2, 0.25) is 10.0 Å². The summed E-state index contributed by atoms with van der Waals surface area (Å²) in [6.07, 6.45) is 8.33. The zero-order valence-electron chi connectivity index (χ0n) is 14.3. The van der Waals surface area contributed by atoms with Crippen molar-refractivity contribution in [3.63, 3.8) is 0 Å². The van der Waals surface area contributed by atoms with Crippen LogP contribution in [0.15, 0.2) is 23.1 Å². The lowest BCUT2D eigenvalue weighted by molar-refractivity contribution is -0.385. The first-order valence-corrected chi connectivity index (χ1v) is 10.5. The molecule has 1 heterocycles. The molecule has 7 nitrogen and oxygen atoms in total. The minimum absolute atomic E-state index is 0.0350. The molecule has 0 spiro atoms. The SMILES string of the molecule is O=[N+]([O-])c1ccc(NC2CCCCCC2)c(S(=O)(=O)N2CCCC2)c1. The van der Waals surface area contributed by atoms with Crippen molar-refractivity contribution in [2.24, 2.45) is 0 Å². The average Bonchev–Trinajstić information content (AvgIpc) is 3.02. The van der Waals surface area contributed by atoms with Crippen LogP contribution in [-0.4, -0.2) is 36.8 Å². The Morgan fingerprint density at radius 2 is 1.68 bits per heavy atom. The van der Waals surface area contributed by atoms with E-state index >= 15 is 0 Å². The highest BCUT2D eigenvalue weighted by Gasteiger charge is 2.31. The molecule has 3 rings (SSSR count). The van der Waals surface area contributed by atoms with E-state index in [1.54, 1.807) is 6.07 Å². The van der Waals surface area contributed by atoms with Crippen molar-refractivity contribution in [1.29, 1.82) is 0 Å². The number of nitrogens with one attached hydrogen (secondary N) is 1. The standard InChI is InChI=1S/C17H25N3O4S/c21-20(22)15-9-10-16(18-14-7-3-1-2-4-8-14)17(13-15)25(23,24)19-11-5-6-12-19/h9-10,13-14,18H,1-8,11-12H2. The number of nitro groups is 1. The normalized spacial score (nSPS) is 20.3. The van der Waals surface area contributed by atoms with E-state index in [0.717, 1.165) is 38.5 Å². The fourth-order valence-electron chi connectivity index (χ4n) is 3.67. The number of hydrogen-bond donors (Lipinski definition) is 1. The molecule has 0 atom stereocenters. The molecule has 0 aromatic heterocycles. The first-order chi connectivity index (χ1) is 12.0. The summed E-state index contributed by atoms with van der Waals surface area (Å²) >= 11 is 0. The zero-order valence-corrected chi connectivity index (χ0v) is 15.1. The van der Waals surface area contributed by atoms with Crippen LogP contribution in [0, 0.1) is 10.1 Å². The number of non-ortho nitro benzene ring substituents is 1. The molecule has 138 valence electrons. The maximum Gasteiger partial charge on any atom is 0.270 e. The predicted molar refractivity (Wildman–Crippen MR) is 96.2 cm³/mol. The molecule has 1 saturated carbocycles. The van der Waals surface area contributed by atoms with Crippen LogP contribution in [0.25, 0.3) is 0 Å². The number of hydrogen-bond acceptors (Lipinski definition) is 5. The summed E-state index contributed by atoms with van der Waals surface area (Å²) in [7, 11) is -3.72. The second-order valence-electron chi connectivity index (χ2n) is 6.88. The van der Waals surface area contributed by atoms with E-state index in [9.17, 15) is 18.5 Å². The van der Waals surface area contributed by atoms with Crippen molar-refractivity contribution in [3.05, 3.63) is 28.3 Å². The Hall–Kier alpha value is -1.67. The Morgan fingerprint density at radius 1 is 1.04 bits per heavy atom. The molecule has 1 aliphatic heterocycles. The van der Waals surface area contributed by atoms with Crippen molar-refractivity contribution in [3.8, 4) is 0 Å². The quantitative estimate of drug-likeness (QED) is 0.488. The first-order valence-electron chi connectivity index (χ1n) is 9.03. The molecule has 0 unspecified atom stereocenters. The fraction of sp³-hybridized carbons (Fsp3) is 0.647. The van der Waals surface area contributed by atoms with E-state index in [-0.39, 0.29) is 16.6 Å². The van der Waals surface area contributed by atoms with E-state index in [1.807, 2.05) is 0 Å². The Kier molecular flexibility index (Phi) is 5.58. The Labute approximate surface area is 148 Å². The number of nitrogens with zero attached hydrogens (tertiary/aromatic N) is 2. The van der Waals surface area contributed by atoms with Gasteiger partial charge in [0.1, 0.15) is 4.90 Å². The van der Waals surface area contributed by atoms with Gasteiger partial charge < -0.3 is 5.32 Å². The van der Waals surface area contributed by atoms with E-state index in [2.05, 4.69) is 5.32 Å². The van der Waals surface area contributed by atoms with Gasteiger partial charge in [0.15, 0.2) is 0 Å². The van der Waals surface area contributed by atoms with E-state index in [1.165, 1.54) is 29.3 Å². The second-order valence-corrected chi connectivity index (χ2v) is 8.79. The molecule has 8 heteroatoms. The zero-order chi connectivity index (χ0) is 17.9. The van der Waals surface area contributed by atoms with Gasteiger partial charge in [-0.2, -0.15) is 4.31 Å². The summed E-state index contributed by atoms with van der Waals surface area (Å²) in [6, 6.07) is 4.34. The highest BCUT2D eigenvalue weighted by molar-refractivity contribution is 7.89. The summed E-state index contributed by atoms with van der Waals surface area (Å²) in [6.45, 7) is 0.960. The van der Waals surface area contributed by atoms with Gasteiger partial charge in [-0.1, -0.05) is 25.7 Å². The van der Waals surface area contributed by atoms with E-state index < -0.39 is 14.9 Å². The van der Waals surface area contributed by atoms with Gasteiger partial charge in [-0.05, 0) is 31.7 Å². The Bertz CT molecular complexity index is 721. The lowest BCUT2D eigenvalue weighted by atomic mass is 10.1. The topological polar surface area (TPSA) is 92.5 Å². The molecular formula is C17H25N3O4S. The van der Waals surface area contributed by atoms with Crippen LogP contribution < -0.4 is 5.32 Å². The highest BCUT2D eigenvalue weighted by Crippen LogP contribution is 2.32. The predicted octanol–water partition coefficient (Wildman–Crippen LogP) is 3.51. The van der Waals surface area contributed by atoms with Crippen LogP contribution in [0.5, 0.6) is 0 Å². The molecule has 1 aliphatic carbocycles. The minimum Gasteiger partial charge on any atom is -0.381 e. The van der Waals surface area contributed by atoms with Gasteiger partial charge in [-0.3, -0.25) is 10.1 Å². The highest BCUT2D eigenvalue weighted by atomic mass is 32.2. The first kappa shape index (κ1) is 18.1. The molecule has 1 aromatic rings. The van der Waals surface area contributed by atoms with Crippen molar-refractivity contribution in [2.45, 2.75) is 62.3 Å². The monoisotopic (exact) mass is 367 g/mol. The molecule has 1 saturated heterocycles. The molecule has 2 fully saturated rings. The lowest BCUT2D eigenvalue weighted by Crippen LogP contribution is -2.29. The Balaban J connectivity index is 1.94. The summed E-state index contributed by atoms with van der Waals surface area (Å²) in [5, 5.41) is 14.5. The van der Waals surface area contributed by atoms with Gasteiger partial charge in [-0.25, -0.2) is 8.42 Å². The lowest BCUT2D eigenvalue weighted by Gasteiger charge is -2.22. The van der Waals surface area contributed by atoms with Gasteiger partial charge >= 0.3 is 0 Å². The molecule has 2 aliphatic rings. The molecule has 0 radical (unpaired) electrons. The number of benzene rings is 1. The Morgan fingerprint density at radius 3 is 2.28 bits per heavy atom. The number of anilines is 1. The number of nitro benzene ring substituents is 1. The summed E-state index contributed by atoms with van der Waals surface area (Å²) in [5.74, 6) is 0. The maximum atomic E-state index is 13.0. The third-order valence-electron chi connectivity index (χ3n) is 5.07. The number of sulfonamides is 1. The largest absolute Gasteiger partial charge is 0.381 e. The van der Waals surface area contributed by atoms with Crippen LogP contribution in [0.4, 0.5) is 11.4 Å². The van der Waals surface area contributed by atoms with Crippen molar-refractivity contribution in [1.82, 2.24) is 4.31 Å². The summed E-state index contributed by atoms with van der Waals surface area (Å²) < 4.78 is 27.4. The molecule has 1 N–H and O–H groups in total. The average molecular weight is 367 g/mol. The minimum atomic E-state index is -3.72. The third-order valence-corrected chi connectivity index (χ3v) is 7.01. The maximum absolute atomic E-state index is 13.0. The molecule has 0 bridgehead atoms. The van der Waals surface area contributed by atoms with Crippen LogP contribution >= 0.6 is 0 Å². The third kappa shape index (κ3) is 4.12. The van der Waals surface area contributed by atoms with E-state index in [0.29, 0.717) is 18.8 Å². The van der Waals surface area contributed by atoms with Crippen LogP contribution in [0.2, 0.25) is 0 Å². The van der Waals surface area contributed by atoms with Gasteiger partial charge in [-0.15, -0.1) is 0 Å². The van der Waals surface area contributed by atoms with Crippen molar-refractivity contribution in [2.75, 3.05) is 18.4 Å². The molecule has 25 heavy (non-hydrogen) atoms. The molecule has 0 amide bonds.